The van der Waals surface area contributed by atoms with Gasteiger partial charge in [0, 0.05) is 18.1 Å². The molecule has 0 aliphatic heterocycles. The summed E-state index contributed by atoms with van der Waals surface area (Å²) in [6.45, 7) is 12.6. The first-order valence-electron chi connectivity index (χ1n) is 11.9. The first kappa shape index (κ1) is 20.1. The number of ether oxygens (including phenoxy) is 1. The quantitative estimate of drug-likeness (QED) is 0.572. The maximum Gasteiger partial charge on any atom is 0.138 e. The average molecular weight is 401 g/mol. The van der Waals surface area contributed by atoms with E-state index >= 15 is 0 Å². The fourth-order valence-electron chi connectivity index (χ4n) is 9.58. The summed E-state index contributed by atoms with van der Waals surface area (Å²) in [5.74, 6) is 2.81. The summed E-state index contributed by atoms with van der Waals surface area (Å²) in [5, 5.41) is 11.2. The molecule has 3 nitrogen and oxygen atoms in total. The van der Waals surface area contributed by atoms with Crippen LogP contribution in [0.1, 0.15) is 103 Å². The van der Waals surface area contributed by atoms with E-state index in [0.29, 0.717) is 22.7 Å². The molecule has 0 saturated heterocycles. The highest BCUT2D eigenvalue weighted by Gasteiger charge is 2.69. The van der Waals surface area contributed by atoms with Gasteiger partial charge in [-0.15, -0.1) is 0 Å². The molecule has 0 spiro atoms. The molecule has 1 N–H and O–H groups in total. The van der Waals surface area contributed by atoms with Gasteiger partial charge in [-0.3, -0.25) is 0 Å². The number of aliphatic hydroxyl groups is 1. The van der Waals surface area contributed by atoms with Crippen molar-refractivity contribution in [1.82, 2.24) is 0 Å². The third-order valence-corrected chi connectivity index (χ3v) is 10.7. The van der Waals surface area contributed by atoms with E-state index in [2.05, 4.69) is 34.6 Å². The summed E-state index contributed by atoms with van der Waals surface area (Å²) in [5.41, 5.74) is 2.03. The summed E-state index contributed by atoms with van der Waals surface area (Å²) in [6.07, 6.45) is 9.92. The topological polar surface area (TPSA) is 42.6 Å². The number of hydrogen-bond acceptors (Lipinski definition) is 3. The maximum absolute atomic E-state index is 11.2. The van der Waals surface area contributed by atoms with Gasteiger partial charge in [-0.1, -0.05) is 41.0 Å². The molecule has 5 rings (SSSR count). The molecular weight excluding hydrogens is 360 g/mol. The second-order valence-corrected chi connectivity index (χ2v) is 12.4. The monoisotopic (exact) mass is 400 g/mol. The molecule has 1 heterocycles. The van der Waals surface area contributed by atoms with Gasteiger partial charge in [0.25, 0.3) is 0 Å². The first-order valence-corrected chi connectivity index (χ1v) is 11.9. The molecule has 0 unspecified atom stereocenters. The van der Waals surface area contributed by atoms with Crippen molar-refractivity contribution in [2.24, 2.45) is 39.4 Å². The van der Waals surface area contributed by atoms with Crippen LogP contribution in [0.25, 0.3) is 0 Å². The third-order valence-electron chi connectivity index (χ3n) is 10.7. The zero-order valence-electron chi connectivity index (χ0n) is 19.3. The Kier molecular flexibility index (Phi) is 4.25. The Labute approximate surface area is 176 Å². The summed E-state index contributed by atoms with van der Waals surface area (Å²) < 4.78 is 12.1. The zero-order valence-corrected chi connectivity index (χ0v) is 19.3. The van der Waals surface area contributed by atoms with Gasteiger partial charge in [-0.05, 0) is 78.6 Å². The van der Waals surface area contributed by atoms with E-state index in [1.807, 2.05) is 13.2 Å². The molecule has 0 radical (unpaired) electrons. The van der Waals surface area contributed by atoms with Gasteiger partial charge in [-0.2, -0.15) is 0 Å². The van der Waals surface area contributed by atoms with Crippen LogP contribution in [0, 0.1) is 39.4 Å². The van der Waals surface area contributed by atoms with E-state index in [1.54, 1.807) is 6.26 Å². The van der Waals surface area contributed by atoms with Crippen LogP contribution in [-0.4, -0.2) is 12.2 Å². The minimum Gasteiger partial charge on any atom is -0.466 e. The van der Waals surface area contributed by atoms with Crippen LogP contribution in [0.4, 0.5) is 0 Å². The first-order chi connectivity index (χ1) is 13.6. The molecule has 162 valence electrons. The van der Waals surface area contributed by atoms with Crippen molar-refractivity contribution in [1.29, 1.82) is 0 Å². The maximum atomic E-state index is 11.2. The summed E-state index contributed by atoms with van der Waals surface area (Å²) in [7, 11) is 1.83. The Morgan fingerprint density at radius 1 is 0.966 bits per heavy atom. The average Bonchev–Trinajstić information content (AvgIpc) is 3.17. The van der Waals surface area contributed by atoms with E-state index in [1.165, 1.54) is 38.5 Å². The second kappa shape index (κ2) is 6.13. The normalized spacial score (nSPS) is 50.8. The van der Waals surface area contributed by atoms with Crippen molar-refractivity contribution >= 4 is 0 Å². The summed E-state index contributed by atoms with van der Waals surface area (Å²) in [6, 6.07) is 1.96. The van der Waals surface area contributed by atoms with Gasteiger partial charge in [-0.25, -0.2) is 0 Å². The number of fused-ring (bicyclic) bond motifs is 6. The van der Waals surface area contributed by atoms with Crippen LogP contribution in [-0.2, 0) is 4.74 Å². The highest BCUT2D eigenvalue weighted by atomic mass is 16.5. The van der Waals surface area contributed by atoms with Crippen LogP contribution >= 0.6 is 0 Å². The van der Waals surface area contributed by atoms with Gasteiger partial charge >= 0.3 is 0 Å². The van der Waals surface area contributed by atoms with Crippen molar-refractivity contribution in [3.05, 3.63) is 23.7 Å². The SMILES string of the molecule is CO[C@@H]1c2occc2[C@@H](O)C[C@H]2[C@]3(C)CC[C@H]4C(C)(C)CCC[C@]4(C)[C@H]3C[C@@]21C. The van der Waals surface area contributed by atoms with Crippen molar-refractivity contribution < 1.29 is 14.3 Å². The van der Waals surface area contributed by atoms with E-state index < -0.39 is 6.10 Å². The lowest BCUT2D eigenvalue weighted by atomic mass is 9.43. The van der Waals surface area contributed by atoms with Gasteiger partial charge in [0.2, 0.25) is 0 Å². The minimum atomic E-state index is -0.447. The Morgan fingerprint density at radius 2 is 1.69 bits per heavy atom. The lowest BCUT2D eigenvalue weighted by Crippen LogP contribution is -2.54. The largest absolute Gasteiger partial charge is 0.466 e. The number of methoxy groups -OCH3 is 1. The molecule has 4 aliphatic rings. The number of aliphatic hydroxyl groups excluding tert-OH is 1. The molecule has 29 heavy (non-hydrogen) atoms. The molecule has 8 atom stereocenters. The van der Waals surface area contributed by atoms with Crippen LogP contribution in [0.2, 0.25) is 0 Å². The van der Waals surface area contributed by atoms with Gasteiger partial charge in [0.15, 0.2) is 0 Å². The van der Waals surface area contributed by atoms with Crippen LogP contribution in [0.15, 0.2) is 16.7 Å². The Morgan fingerprint density at radius 3 is 2.41 bits per heavy atom. The number of hydrogen-bond donors (Lipinski definition) is 1. The van der Waals surface area contributed by atoms with Crippen molar-refractivity contribution in [3.8, 4) is 0 Å². The van der Waals surface area contributed by atoms with E-state index in [4.69, 9.17) is 9.15 Å². The predicted molar refractivity (Wildman–Crippen MR) is 114 cm³/mol. The summed E-state index contributed by atoms with van der Waals surface area (Å²) >= 11 is 0. The Bertz CT molecular complexity index is 796. The van der Waals surface area contributed by atoms with Crippen LogP contribution in [0.5, 0.6) is 0 Å². The molecule has 0 bridgehead atoms. The molecular formula is C26H40O3. The molecule has 3 fully saturated rings. The zero-order chi connectivity index (χ0) is 20.8. The predicted octanol–water partition coefficient (Wildman–Crippen LogP) is 6.68. The van der Waals surface area contributed by atoms with Crippen molar-refractivity contribution in [2.75, 3.05) is 7.11 Å². The van der Waals surface area contributed by atoms with Gasteiger partial charge in [0.1, 0.15) is 11.9 Å². The summed E-state index contributed by atoms with van der Waals surface area (Å²) in [4.78, 5) is 0. The third kappa shape index (κ3) is 2.44. The van der Waals surface area contributed by atoms with Gasteiger partial charge < -0.3 is 14.3 Å². The second-order valence-electron chi connectivity index (χ2n) is 12.4. The molecule has 3 saturated carbocycles. The number of rotatable bonds is 1. The molecule has 1 aromatic heterocycles. The smallest absolute Gasteiger partial charge is 0.138 e. The number of furan rings is 1. The molecule has 0 aromatic carbocycles. The molecule has 4 aliphatic carbocycles. The standard InChI is InChI=1S/C26H40O3/c1-23(2)10-7-11-24(3)18(23)8-12-25(4)19-14-17(27)16-9-13-29-21(16)22(28-6)26(19,5)15-20(24)25/h9,13,17-20,22,27H,7-8,10-12,14-15H2,1-6H3/t17-,18-,19-,20+,22+,24-,25-,26-/m0/s1. The van der Waals surface area contributed by atoms with Crippen molar-refractivity contribution in [3.63, 3.8) is 0 Å². The molecule has 1 aromatic rings. The van der Waals surface area contributed by atoms with Gasteiger partial charge in [0.05, 0.1) is 12.4 Å². The Balaban J connectivity index is 1.63. The minimum absolute atomic E-state index is 0.00224. The fourth-order valence-corrected chi connectivity index (χ4v) is 9.58. The lowest BCUT2D eigenvalue weighted by Gasteiger charge is -2.62. The van der Waals surface area contributed by atoms with E-state index in [9.17, 15) is 5.11 Å². The Hall–Kier alpha value is -0.800. The molecule has 0 amide bonds. The van der Waals surface area contributed by atoms with Crippen LogP contribution < -0.4 is 0 Å². The van der Waals surface area contributed by atoms with E-state index in [-0.39, 0.29) is 16.9 Å². The highest BCUT2D eigenvalue weighted by molar-refractivity contribution is 5.29. The molecule has 3 heteroatoms. The van der Waals surface area contributed by atoms with Crippen molar-refractivity contribution in [2.45, 2.75) is 91.8 Å². The fraction of sp³-hybridized carbons (Fsp3) is 0.846. The van der Waals surface area contributed by atoms with E-state index in [0.717, 1.165) is 23.7 Å². The van der Waals surface area contributed by atoms with Crippen LogP contribution in [0.3, 0.4) is 0 Å². The highest BCUT2D eigenvalue weighted by Crippen LogP contribution is 2.76. The lowest BCUT2D eigenvalue weighted by molar-refractivity contribution is -0.130.